The zero-order chi connectivity index (χ0) is 28.4. The number of carbonyl (C=O) groups excluding carboxylic acids is 3. The number of rotatable bonds is 10. The third-order valence-electron chi connectivity index (χ3n) is 7.61. The number of nitrogens with one attached hydrogen (secondary N) is 1. The van der Waals surface area contributed by atoms with E-state index in [0.29, 0.717) is 24.3 Å². The monoisotopic (exact) mass is 563 g/mol. The summed E-state index contributed by atoms with van der Waals surface area (Å²) in [6, 6.07) is 18.8. The van der Waals surface area contributed by atoms with Crippen molar-refractivity contribution in [2.45, 2.75) is 77.9 Å². The number of alkyl carbamates (subject to hydrolysis) is 1. The number of hydrogen-bond acceptors (Lipinski definition) is 7. The SMILES string of the molecule is CCCC[C@H](NC(=O)OC1CC(C)(C)CN1C(=O)c1cc2ccccc2s1)C(=O)C1ON1[C@H](C)c1ccccc1. The molecule has 2 aliphatic heterocycles. The highest BCUT2D eigenvalue weighted by molar-refractivity contribution is 7.20. The maximum Gasteiger partial charge on any atom is 0.409 e. The van der Waals surface area contributed by atoms with Crippen molar-refractivity contribution in [3.8, 4) is 0 Å². The quantitative estimate of drug-likeness (QED) is 0.292. The fourth-order valence-electron chi connectivity index (χ4n) is 5.35. The van der Waals surface area contributed by atoms with Crippen molar-refractivity contribution in [3.05, 3.63) is 71.1 Å². The molecule has 0 radical (unpaired) electrons. The van der Waals surface area contributed by atoms with Crippen LogP contribution in [0.25, 0.3) is 10.1 Å². The first-order chi connectivity index (χ1) is 19.2. The van der Waals surface area contributed by atoms with Crippen molar-refractivity contribution in [2.75, 3.05) is 6.54 Å². The van der Waals surface area contributed by atoms with E-state index < -0.39 is 24.6 Å². The molecule has 2 saturated heterocycles. The minimum Gasteiger partial charge on any atom is -0.425 e. The standard InChI is InChI=1S/C31H37N3O5S/c1-5-6-15-23(27(35)29-34(39-29)20(2)21-12-8-7-9-13-21)32-30(37)38-26-18-31(3,4)19-33(26)28(36)25-17-22-14-10-11-16-24(22)40-25/h7-14,16-17,20,23,26,29H,5-6,15,18-19H2,1-4H3,(H,32,37)/t20-,23+,26?,29?,34?/m1/s1. The Hall–Kier alpha value is -3.27. The molecule has 0 bridgehead atoms. The Balaban J connectivity index is 1.24. The number of unbranched alkanes of at least 4 members (excludes halogenated alkanes) is 1. The van der Waals surface area contributed by atoms with Gasteiger partial charge in [-0.3, -0.25) is 14.4 Å². The van der Waals surface area contributed by atoms with Crippen LogP contribution >= 0.6 is 11.3 Å². The number of amides is 2. The molecule has 212 valence electrons. The van der Waals surface area contributed by atoms with Gasteiger partial charge >= 0.3 is 6.09 Å². The number of fused-ring (bicyclic) bond motifs is 1. The molecule has 5 rings (SSSR count). The van der Waals surface area contributed by atoms with Gasteiger partial charge in [-0.15, -0.1) is 16.4 Å². The van der Waals surface area contributed by atoms with Crippen molar-refractivity contribution in [2.24, 2.45) is 5.41 Å². The second kappa shape index (κ2) is 11.7. The van der Waals surface area contributed by atoms with Crippen LogP contribution in [0.3, 0.4) is 0 Å². The third kappa shape index (κ3) is 6.22. The van der Waals surface area contributed by atoms with Gasteiger partial charge in [0.25, 0.3) is 5.91 Å². The topological polar surface area (TPSA) is 91.3 Å². The Morgan fingerprint density at radius 1 is 1.12 bits per heavy atom. The van der Waals surface area contributed by atoms with E-state index >= 15 is 0 Å². The lowest BCUT2D eigenvalue weighted by molar-refractivity contribution is -0.122. The lowest BCUT2D eigenvalue weighted by Gasteiger charge is -2.25. The molecule has 5 atom stereocenters. The Morgan fingerprint density at radius 3 is 2.58 bits per heavy atom. The zero-order valence-corrected chi connectivity index (χ0v) is 24.3. The summed E-state index contributed by atoms with van der Waals surface area (Å²) in [6.07, 6.45) is 0.511. The molecule has 1 aromatic heterocycles. The van der Waals surface area contributed by atoms with Crippen LogP contribution in [0.2, 0.25) is 0 Å². The molecule has 3 heterocycles. The summed E-state index contributed by atoms with van der Waals surface area (Å²) in [5.41, 5.74) is 0.826. The Morgan fingerprint density at radius 2 is 1.85 bits per heavy atom. The summed E-state index contributed by atoms with van der Waals surface area (Å²) in [6.45, 7) is 8.60. The molecular weight excluding hydrogens is 526 g/mol. The van der Waals surface area contributed by atoms with E-state index in [0.717, 1.165) is 28.5 Å². The number of thiophene rings is 1. The number of hydrogen-bond donors (Lipinski definition) is 1. The number of ketones is 1. The minimum absolute atomic E-state index is 0.0943. The molecular formula is C31H37N3O5S. The predicted molar refractivity (Wildman–Crippen MR) is 155 cm³/mol. The van der Waals surface area contributed by atoms with Crippen LogP contribution in [-0.2, 0) is 14.4 Å². The zero-order valence-electron chi connectivity index (χ0n) is 23.5. The van der Waals surface area contributed by atoms with Gasteiger partial charge in [-0.2, -0.15) is 0 Å². The van der Waals surface area contributed by atoms with Crippen LogP contribution < -0.4 is 5.32 Å². The van der Waals surface area contributed by atoms with Crippen LogP contribution in [0.4, 0.5) is 4.79 Å². The van der Waals surface area contributed by atoms with Crippen molar-refractivity contribution in [3.63, 3.8) is 0 Å². The van der Waals surface area contributed by atoms with E-state index in [1.54, 1.807) is 9.96 Å². The molecule has 0 saturated carbocycles. The molecule has 2 aliphatic rings. The van der Waals surface area contributed by atoms with Gasteiger partial charge in [0.15, 0.2) is 6.23 Å². The van der Waals surface area contributed by atoms with E-state index in [-0.39, 0.29) is 23.1 Å². The first-order valence-electron chi connectivity index (χ1n) is 14.0. The van der Waals surface area contributed by atoms with E-state index in [1.165, 1.54) is 11.3 Å². The Kier molecular flexibility index (Phi) is 8.26. The molecule has 8 nitrogen and oxygen atoms in total. The van der Waals surface area contributed by atoms with Crippen LogP contribution in [0.1, 0.15) is 74.7 Å². The minimum atomic E-state index is -0.744. The summed E-state index contributed by atoms with van der Waals surface area (Å²) in [5.74, 6) is -0.349. The van der Waals surface area contributed by atoms with Gasteiger partial charge in [0, 0.05) is 17.7 Å². The number of carbonyl (C=O) groups is 3. The second-order valence-electron chi connectivity index (χ2n) is 11.5. The number of hydroxylamine groups is 2. The lowest BCUT2D eigenvalue weighted by Crippen LogP contribution is -2.47. The van der Waals surface area contributed by atoms with Crippen molar-refractivity contribution < 1.29 is 24.0 Å². The van der Waals surface area contributed by atoms with E-state index in [4.69, 9.17) is 9.57 Å². The van der Waals surface area contributed by atoms with Crippen molar-refractivity contribution in [1.29, 1.82) is 0 Å². The molecule has 0 spiro atoms. The number of Topliss-reactive ketones (excluding diaryl/α,β-unsaturated/α-hetero) is 1. The van der Waals surface area contributed by atoms with Crippen LogP contribution in [0.5, 0.6) is 0 Å². The van der Waals surface area contributed by atoms with E-state index in [1.807, 2.05) is 74.5 Å². The fraction of sp³-hybridized carbons (Fsp3) is 0.452. The normalized spacial score (nSPS) is 23.0. The Bertz CT molecular complexity index is 1340. The number of likely N-dealkylation sites (tertiary alicyclic amines) is 1. The highest BCUT2D eigenvalue weighted by Crippen LogP contribution is 2.38. The number of nitrogens with zero attached hydrogens (tertiary/aromatic N) is 2. The number of benzene rings is 2. The van der Waals surface area contributed by atoms with E-state index in [9.17, 15) is 14.4 Å². The number of ether oxygens (including phenoxy) is 1. The second-order valence-corrected chi connectivity index (χ2v) is 12.5. The van der Waals surface area contributed by atoms with Crippen LogP contribution in [-0.4, -0.2) is 52.8 Å². The molecule has 40 heavy (non-hydrogen) atoms. The first kappa shape index (κ1) is 28.3. The summed E-state index contributed by atoms with van der Waals surface area (Å²) < 4.78 is 6.87. The highest BCUT2D eigenvalue weighted by atomic mass is 32.1. The third-order valence-corrected chi connectivity index (χ3v) is 8.71. The average Bonchev–Trinajstić information content (AvgIpc) is 3.52. The molecule has 3 aromatic rings. The maximum absolute atomic E-state index is 13.5. The maximum atomic E-state index is 13.5. The largest absolute Gasteiger partial charge is 0.425 e. The van der Waals surface area contributed by atoms with Gasteiger partial charge in [-0.1, -0.05) is 82.1 Å². The molecule has 2 aromatic carbocycles. The molecule has 2 fully saturated rings. The smallest absolute Gasteiger partial charge is 0.409 e. The van der Waals surface area contributed by atoms with Crippen molar-refractivity contribution >= 4 is 39.2 Å². The van der Waals surface area contributed by atoms with Crippen molar-refractivity contribution in [1.82, 2.24) is 15.3 Å². The molecule has 3 unspecified atom stereocenters. The molecule has 0 aliphatic carbocycles. The first-order valence-corrected chi connectivity index (χ1v) is 14.8. The molecule has 2 amide bonds. The summed E-state index contributed by atoms with van der Waals surface area (Å²) in [7, 11) is 0. The fourth-order valence-corrected chi connectivity index (χ4v) is 6.37. The predicted octanol–water partition coefficient (Wildman–Crippen LogP) is 6.29. The van der Waals surface area contributed by atoms with Gasteiger partial charge in [0.05, 0.1) is 17.0 Å². The summed E-state index contributed by atoms with van der Waals surface area (Å²) >= 11 is 1.44. The van der Waals surface area contributed by atoms with Gasteiger partial charge in [-0.25, -0.2) is 4.79 Å². The van der Waals surface area contributed by atoms with Gasteiger partial charge in [0.1, 0.15) is 0 Å². The molecule has 9 heteroatoms. The highest BCUT2D eigenvalue weighted by Gasteiger charge is 2.49. The van der Waals surface area contributed by atoms with Crippen LogP contribution in [0.15, 0.2) is 60.7 Å². The van der Waals surface area contributed by atoms with Crippen LogP contribution in [0, 0.1) is 5.41 Å². The van der Waals surface area contributed by atoms with Gasteiger partial charge < -0.3 is 15.0 Å². The van der Waals surface area contributed by atoms with E-state index in [2.05, 4.69) is 19.2 Å². The summed E-state index contributed by atoms with van der Waals surface area (Å²) in [5, 5.41) is 5.47. The van der Waals surface area contributed by atoms with Gasteiger partial charge in [-0.05, 0) is 41.8 Å². The molecule has 1 N–H and O–H groups in total. The summed E-state index contributed by atoms with van der Waals surface area (Å²) in [4.78, 5) is 48.0. The average molecular weight is 564 g/mol. The lowest BCUT2D eigenvalue weighted by atomic mass is 9.93. The Labute approximate surface area is 239 Å². The van der Waals surface area contributed by atoms with Gasteiger partial charge in [0.2, 0.25) is 12.0 Å².